The van der Waals surface area contributed by atoms with Crippen LogP contribution >= 0.6 is 11.6 Å². The van der Waals surface area contributed by atoms with Gasteiger partial charge in [-0.2, -0.15) is 0 Å². The van der Waals surface area contributed by atoms with E-state index in [0.29, 0.717) is 11.6 Å². The molecule has 0 aliphatic heterocycles. The fraction of sp³-hybridized carbons (Fsp3) is 0.0385. The molecule has 1 N–H and O–H groups in total. The molecule has 0 unspecified atom stereocenters. The Morgan fingerprint density at radius 1 is 0.733 bits per heavy atom. The van der Waals surface area contributed by atoms with Crippen LogP contribution in [0.1, 0.15) is 5.56 Å². The zero-order chi connectivity index (χ0) is 20.5. The lowest BCUT2D eigenvalue weighted by atomic mass is 10.1. The van der Waals surface area contributed by atoms with Crippen LogP contribution in [0, 0.1) is 6.92 Å². The Hall–Kier alpha value is -3.56. The van der Waals surface area contributed by atoms with Crippen LogP contribution in [-0.2, 0) is 0 Å². The molecule has 146 valence electrons. The van der Waals surface area contributed by atoms with E-state index in [1.165, 1.54) is 0 Å². The second-order valence-corrected chi connectivity index (χ2v) is 7.52. The molecular weight excluding hydrogens is 392 g/mol. The number of benzene rings is 3. The number of rotatable bonds is 4. The number of H-pyrrole nitrogens is 1. The number of halogens is 1. The highest BCUT2D eigenvalue weighted by atomic mass is 35.5. The second kappa shape index (κ2) is 7.69. The predicted molar refractivity (Wildman–Crippen MR) is 122 cm³/mol. The first-order valence-electron chi connectivity index (χ1n) is 9.77. The maximum Gasteiger partial charge on any atom is 0.174 e. The van der Waals surface area contributed by atoms with Crippen molar-refractivity contribution in [2.24, 2.45) is 0 Å². The van der Waals surface area contributed by atoms with E-state index in [2.05, 4.69) is 29.2 Å². The zero-order valence-electron chi connectivity index (χ0n) is 16.4. The molecule has 0 aliphatic carbocycles. The van der Waals surface area contributed by atoms with Crippen LogP contribution in [-0.4, -0.2) is 9.97 Å². The number of nitrogens with zero attached hydrogens (tertiary/aromatic N) is 1. The molecule has 3 aromatic carbocycles. The number of aromatic nitrogens is 2. The molecule has 0 aliphatic rings. The molecule has 0 fully saturated rings. The van der Waals surface area contributed by atoms with Crippen molar-refractivity contribution < 1.29 is 4.42 Å². The molecule has 0 saturated carbocycles. The van der Waals surface area contributed by atoms with E-state index in [-0.39, 0.29) is 0 Å². The van der Waals surface area contributed by atoms with Crippen LogP contribution < -0.4 is 0 Å². The highest BCUT2D eigenvalue weighted by Crippen LogP contribution is 2.36. The molecule has 3 nitrogen and oxygen atoms in total. The maximum atomic E-state index is 6.29. The Bertz CT molecular complexity index is 1250. The van der Waals surface area contributed by atoms with Gasteiger partial charge in [-0.25, -0.2) is 4.98 Å². The van der Waals surface area contributed by atoms with Gasteiger partial charge in [0.25, 0.3) is 0 Å². The zero-order valence-corrected chi connectivity index (χ0v) is 17.1. The van der Waals surface area contributed by atoms with Crippen LogP contribution in [0.5, 0.6) is 0 Å². The average molecular weight is 411 g/mol. The lowest BCUT2D eigenvalue weighted by molar-refractivity contribution is 0.592. The third-order valence-electron chi connectivity index (χ3n) is 5.19. The Morgan fingerprint density at radius 2 is 1.40 bits per heavy atom. The van der Waals surface area contributed by atoms with Gasteiger partial charge in [0.2, 0.25) is 0 Å². The summed E-state index contributed by atoms with van der Waals surface area (Å²) in [6.45, 7) is 1.99. The summed E-state index contributed by atoms with van der Waals surface area (Å²) < 4.78 is 6.18. The molecule has 0 spiro atoms. The highest BCUT2D eigenvalue weighted by Gasteiger charge is 2.18. The third kappa shape index (κ3) is 3.34. The molecule has 0 radical (unpaired) electrons. The van der Waals surface area contributed by atoms with Gasteiger partial charge in [0, 0.05) is 21.7 Å². The summed E-state index contributed by atoms with van der Waals surface area (Å²) in [6.07, 6.45) is 0. The SMILES string of the molecule is Cc1c(Cl)cccc1-c1ccc(-c2nc(-c3ccccc3)c(-c3ccccc3)[nH]2)o1. The van der Waals surface area contributed by atoms with Crippen molar-refractivity contribution in [2.45, 2.75) is 6.92 Å². The van der Waals surface area contributed by atoms with Crippen molar-refractivity contribution in [3.05, 3.63) is 102 Å². The Balaban J connectivity index is 1.62. The summed E-state index contributed by atoms with van der Waals surface area (Å²) in [5, 5.41) is 0.723. The molecule has 4 heteroatoms. The monoisotopic (exact) mass is 410 g/mol. The van der Waals surface area contributed by atoms with Gasteiger partial charge in [0.05, 0.1) is 11.4 Å². The lowest BCUT2D eigenvalue weighted by Gasteiger charge is -2.04. The van der Waals surface area contributed by atoms with Gasteiger partial charge >= 0.3 is 0 Å². The van der Waals surface area contributed by atoms with Crippen LogP contribution in [0.3, 0.4) is 0 Å². The molecule has 2 heterocycles. The molecule has 2 aromatic heterocycles. The standard InChI is InChI=1S/C26H19ClN2O/c1-17-20(13-8-14-21(17)27)22-15-16-23(30-22)26-28-24(18-9-4-2-5-10-18)25(29-26)19-11-6-3-7-12-19/h2-16H,1H3,(H,28,29). The topological polar surface area (TPSA) is 41.8 Å². The molecule has 5 aromatic rings. The number of imidazole rings is 1. The minimum absolute atomic E-state index is 0.684. The van der Waals surface area contributed by atoms with Crippen molar-refractivity contribution in [3.8, 4) is 45.4 Å². The summed E-state index contributed by atoms with van der Waals surface area (Å²) in [5.74, 6) is 2.14. The third-order valence-corrected chi connectivity index (χ3v) is 5.60. The number of hydrogen-bond donors (Lipinski definition) is 1. The smallest absolute Gasteiger partial charge is 0.174 e. The minimum atomic E-state index is 0.684. The molecular formula is C26H19ClN2O. The second-order valence-electron chi connectivity index (χ2n) is 7.12. The van der Waals surface area contributed by atoms with E-state index in [0.717, 1.165) is 44.4 Å². The lowest BCUT2D eigenvalue weighted by Crippen LogP contribution is -1.82. The van der Waals surface area contributed by atoms with E-state index in [9.17, 15) is 0 Å². The molecule has 30 heavy (non-hydrogen) atoms. The van der Waals surface area contributed by atoms with Gasteiger partial charge in [-0.15, -0.1) is 0 Å². The summed E-state index contributed by atoms with van der Waals surface area (Å²) in [4.78, 5) is 8.37. The summed E-state index contributed by atoms with van der Waals surface area (Å²) in [6, 6.07) is 30.1. The van der Waals surface area contributed by atoms with E-state index < -0.39 is 0 Å². The molecule has 0 atom stereocenters. The number of nitrogens with one attached hydrogen (secondary N) is 1. The van der Waals surface area contributed by atoms with E-state index >= 15 is 0 Å². The Kier molecular flexibility index (Phi) is 4.74. The van der Waals surface area contributed by atoms with Gasteiger partial charge in [0.1, 0.15) is 5.76 Å². The first kappa shape index (κ1) is 18.5. The van der Waals surface area contributed by atoms with E-state index in [4.69, 9.17) is 21.0 Å². The first-order chi connectivity index (χ1) is 14.7. The van der Waals surface area contributed by atoms with Crippen LogP contribution in [0.2, 0.25) is 5.02 Å². The molecule has 0 amide bonds. The minimum Gasteiger partial charge on any atom is -0.453 e. The van der Waals surface area contributed by atoms with Gasteiger partial charge < -0.3 is 9.40 Å². The molecule has 5 rings (SSSR count). The maximum absolute atomic E-state index is 6.29. The van der Waals surface area contributed by atoms with Crippen molar-refractivity contribution in [3.63, 3.8) is 0 Å². The van der Waals surface area contributed by atoms with Crippen LogP contribution in [0.15, 0.2) is 95.4 Å². The normalized spacial score (nSPS) is 11.0. The van der Waals surface area contributed by atoms with Crippen LogP contribution in [0.4, 0.5) is 0 Å². The molecule has 0 saturated heterocycles. The largest absolute Gasteiger partial charge is 0.453 e. The number of hydrogen-bond acceptors (Lipinski definition) is 2. The quantitative estimate of drug-likeness (QED) is 0.331. The summed E-state index contributed by atoms with van der Waals surface area (Å²) >= 11 is 6.29. The van der Waals surface area contributed by atoms with Crippen molar-refractivity contribution in [1.29, 1.82) is 0 Å². The van der Waals surface area contributed by atoms with Gasteiger partial charge in [-0.3, -0.25) is 0 Å². The van der Waals surface area contributed by atoms with Crippen LogP contribution in [0.25, 0.3) is 45.4 Å². The fourth-order valence-electron chi connectivity index (χ4n) is 3.59. The van der Waals surface area contributed by atoms with Gasteiger partial charge in [-0.1, -0.05) is 84.4 Å². The highest BCUT2D eigenvalue weighted by molar-refractivity contribution is 6.31. The van der Waals surface area contributed by atoms with Crippen molar-refractivity contribution in [1.82, 2.24) is 9.97 Å². The Morgan fingerprint density at radius 3 is 2.13 bits per heavy atom. The summed E-state index contributed by atoms with van der Waals surface area (Å²) in [5.41, 5.74) is 5.97. The van der Waals surface area contributed by atoms with E-state index in [1.54, 1.807) is 0 Å². The van der Waals surface area contributed by atoms with Gasteiger partial charge in [0.15, 0.2) is 11.6 Å². The summed E-state index contributed by atoms with van der Waals surface area (Å²) in [7, 11) is 0. The predicted octanol–water partition coefficient (Wildman–Crippen LogP) is 7.63. The van der Waals surface area contributed by atoms with E-state index in [1.807, 2.05) is 73.7 Å². The number of aromatic amines is 1. The Labute approximate surface area is 180 Å². The van der Waals surface area contributed by atoms with Crippen molar-refractivity contribution in [2.75, 3.05) is 0 Å². The fourth-order valence-corrected chi connectivity index (χ4v) is 3.77. The average Bonchev–Trinajstić information content (AvgIpc) is 3.44. The van der Waals surface area contributed by atoms with Gasteiger partial charge in [-0.05, 0) is 30.7 Å². The first-order valence-corrected chi connectivity index (χ1v) is 10.1. The molecule has 0 bridgehead atoms. The number of furan rings is 1. The van der Waals surface area contributed by atoms with Crippen molar-refractivity contribution >= 4 is 11.6 Å².